The molecular weight excluding hydrogens is 276 g/mol. The molecule has 0 spiro atoms. The number of methoxy groups -OCH3 is 2. The van der Waals surface area contributed by atoms with Gasteiger partial charge in [0.15, 0.2) is 11.5 Å². The lowest BCUT2D eigenvalue weighted by molar-refractivity contribution is -0.112. The minimum atomic E-state index is -0.565. The number of benzene rings is 2. The SMILES string of the molecule is COc1ccc(CC(C)(C=O)c2ccccc2C)cc1OC. The highest BCUT2D eigenvalue weighted by molar-refractivity contribution is 5.70. The Morgan fingerprint density at radius 1 is 1.05 bits per heavy atom. The van der Waals surface area contributed by atoms with Gasteiger partial charge in [0.1, 0.15) is 6.29 Å². The van der Waals surface area contributed by atoms with Gasteiger partial charge in [-0.1, -0.05) is 30.3 Å². The molecule has 0 saturated heterocycles. The highest BCUT2D eigenvalue weighted by Crippen LogP contribution is 2.33. The third-order valence-corrected chi connectivity index (χ3v) is 4.04. The summed E-state index contributed by atoms with van der Waals surface area (Å²) >= 11 is 0. The summed E-state index contributed by atoms with van der Waals surface area (Å²) in [6.07, 6.45) is 1.65. The Balaban J connectivity index is 2.38. The van der Waals surface area contributed by atoms with E-state index in [2.05, 4.69) is 0 Å². The van der Waals surface area contributed by atoms with E-state index < -0.39 is 5.41 Å². The van der Waals surface area contributed by atoms with Gasteiger partial charge in [-0.25, -0.2) is 0 Å². The van der Waals surface area contributed by atoms with Crippen LogP contribution in [0.5, 0.6) is 11.5 Å². The Labute approximate surface area is 131 Å². The summed E-state index contributed by atoms with van der Waals surface area (Å²) < 4.78 is 10.6. The number of aryl methyl sites for hydroxylation is 1. The van der Waals surface area contributed by atoms with Crippen molar-refractivity contribution in [3.8, 4) is 11.5 Å². The van der Waals surface area contributed by atoms with Crippen LogP contribution in [0.4, 0.5) is 0 Å². The molecular formula is C19H22O3. The largest absolute Gasteiger partial charge is 0.493 e. The summed E-state index contributed by atoms with van der Waals surface area (Å²) in [7, 11) is 3.22. The molecule has 116 valence electrons. The summed E-state index contributed by atoms with van der Waals surface area (Å²) in [6.45, 7) is 4.00. The Hall–Kier alpha value is -2.29. The third kappa shape index (κ3) is 3.14. The van der Waals surface area contributed by atoms with Gasteiger partial charge in [-0.2, -0.15) is 0 Å². The van der Waals surface area contributed by atoms with Gasteiger partial charge in [-0.15, -0.1) is 0 Å². The molecule has 0 aromatic heterocycles. The fraction of sp³-hybridized carbons (Fsp3) is 0.316. The van der Waals surface area contributed by atoms with E-state index in [1.807, 2.05) is 56.3 Å². The van der Waals surface area contributed by atoms with Crippen molar-refractivity contribution in [2.75, 3.05) is 14.2 Å². The normalized spacial score (nSPS) is 13.3. The maximum absolute atomic E-state index is 11.8. The number of carbonyl (C=O) groups excluding carboxylic acids is 1. The second-order valence-corrected chi connectivity index (χ2v) is 5.72. The highest BCUT2D eigenvalue weighted by Gasteiger charge is 2.28. The monoisotopic (exact) mass is 298 g/mol. The molecule has 3 heteroatoms. The van der Waals surface area contributed by atoms with Crippen LogP contribution in [-0.2, 0) is 16.6 Å². The summed E-state index contributed by atoms with van der Waals surface area (Å²) in [5.74, 6) is 1.37. The molecule has 0 bridgehead atoms. The van der Waals surface area contributed by atoms with Gasteiger partial charge >= 0.3 is 0 Å². The molecule has 0 fully saturated rings. The second-order valence-electron chi connectivity index (χ2n) is 5.72. The molecule has 0 aliphatic rings. The molecule has 0 radical (unpaired) electrons. The smallest absolute Gasteiger partial charge is 0.160 e. The first-order chi connectivity index (χ1) is 10.5. The lowest BCUT2D eigenvalue weighted by Gasteiger charge is -2.26. The maximum atomic E-state index is 11.8. The van der Waals surface area contributed by atoms with Crippen molar-refractivity contribution >= 4 is 6.29 Å². The quantitative estimate of drug-likeness (QED) is 0.763. The zero-order valence-electron chi connectivity index (χ0n) is 13.6. The molecule has 2 aromatic carbocycles. The van der Waals surface area contributed by atoms with E-state index in [-0.39, 0.29) is 0 Å². The van der Waals surface area contributed by atoms with Gasteiger partial charge in [-0.05, 0) is 49.1 Å². The highest BCUT2D eigenvalue weighted by atomic mass is 16.5. The van der Waals surface area contributed by atoms with Gasteiger partial charge in [-0.3, -0.25) is 0 Å². The average molecular weight is 298 g/mol. The molecule has 2 aromatic rings. The summed E-state index contributed by atoms with van der Waals surface area (Å²) in [5, 5.41) is 0. The van der Waals surface area contributed by atoms with Gasteiger partial charge < -0.3 is 14.3 Å². The summed E-state index contributed by atoms with van der Waals surface area (Å²) in [4.78, 5) is 11.8. The van der Waals surface area contributed by atoms with E-state index in [1.54, 1.807) is 14.2 Å². The van der Waals surface area contributed by atoms with Crippen molar-refractivity contribution in [1.29, 1.82) is 0 Å². The van der Waals surface area contributed by atoms with Gasteiger partial charge in [0, 0.05) is 0 Å². The second kappa shape index (κ2) is 6.65. The Bertz CT molecular complexity index is 663. The molecule has 3 nitrogen and oxygen atoms in total. The molecule has 0 N–H and O–H groups in total. The van der Waals surface area contributed by atoms with Crippen molar-refractivity contribution in [1.82, 2.24) is 0 Å². The predicted octanol–water partition coefficient (Wildman–Crippen LogP) is 3.71. The Morgan fingerprint density at radius 3 is 2.32 bits per heavy atom. The van der Waals surface area contributed by atoms with Crippen molar-refractivity contribution < 1.29 is 14.3 Å². The van der Waals surface area contributed by atoms with E-state index in [1.165, 1.54) is 0 Å². The molecule has 2 rings (SSSR count). The van der Waals surface area contributed by atoms with Crippen molar-refractivity contribution in [2.24, 2.45) is 0 Å². The molecule has 1 atom stereocenters. The van der Waals surface area contributed by atoms with Crippen molar-refractivity contribution in [2.45, 2.75) is 25.7 Å². The van der Waals surface area contributed by atoms with Gasteiger partial charge in [0.2, 0.25) is 0 Å². The van der Waals surface area contributed by atoms with Crippen LogP contribution >= 0.6 is 0 Å². The number of carbonyl (C=O) groups is 1. The molecule has 0 saturated carbocycles. The van der Waals surface area contributed by atoms with Crippen LogP contribution in [-0.4, -0.2) is 20.5 Å². The Morgan fingerprint density at radius 2 is 1.73 bits per heavy atom. The van der Waals surface area contributed by atoms with Gasteiger partial charge in [0.05, 0.1) is 19.6 Å². The maximum Gasteiger partial charge on any atom is 0.160 e. The first-order valence-electron chi connectivity index (χ1n) is 7.27. The number of hydrogen-bond donors (Lipinski definition) is 0. The molecule has 22 heavy (non-hydrogen) atoms. The molecule has 1 unspecified atom stereocenters. The first-order valence-corrected chi connectivity index (χ1v) is 7.27. The lowest BCUT2D eigenvalue weighted by atomic mass is 9.77. The van der Waals surface area contributed by atoms with E-state index in [0.29, 0.717) is 17.9 Å². The van der Waals surface area contributed by atoms with Crippen LogP contribution in [0.3, 0.4) is 0 Å². The lowest BCUT2D eigenvalue weighted by Crippen LogP contribution is -2.27. The van der Waals surface area contributed by atoms with E-state index in [9.17, 15) is 4.79 Å². The fourth-order valence-corrected chi connectivity index (χ4v) is 2.83. The minimum absolute atomic E-state index is 0.565. The van der Waals surface area contributed by atoms with Crippen LogP contribution in [0.15, 0.2) is 42.5 Å². The average Bonchev–Trinajstić information content (AvgIpc) is 2.55. The van der Waals surface area contributed by atoms with Crippen LogP contribution in [0, 0.1) is 6.92 Å². The van der Waals surface area contributed by atoms with E-state index >= 15 is 0 Å². The third-order valence-electron chi connectivity index (χ3n) is 4.04. The molecule has 0 aliphatic heterocycles. The van der Waals surface area contributed by atoms with E-state index in [4.69, 9.17) is 9.47 Å². The molecule has 0 heterocycles. The number of ether oxygens (including phenoxy) is 2. The molecule has 0 amide bonds. The summed E-state index contributed by atoms with van der Waals surface area (Å²) in [5.41, 5.74) is 2.65. The van der Waals surface area contributed by atoms with Crippen molar-refractivity contribution in [3.05, 3.63) is 59.2 Å². The topological polar surface area (TPSA) is 35.5 Å². The first kappa shape index (κ1) is 16.1. The zero-order chi connectivity index (χ0) is 16.2. The van der Waals surface area contributed by atoms with E-state index in [0.717, 1.165) is 23.0 Å². The fourth-order valence-electron chi connectivity index (χ4n) is 2.83. The van der Waals surface area contributed by atoms with Crippen molar-refractivity contribution in [3.63, 3.8) is 0 Å². The number of rotatable bonds is 6. The van der Waals surface area contributed by atoms with Gasteiger partial charge in [0.25, 0.3) is 0 Å². The minimum Gasteiger partial charge on any atom is -0.493 e. The molecule has 0 aliphatic carbocycles. The zero-order valence-corrected chi connectivity index (χ0v) is 13.6. The number of hydrogen-bond acceptors (Lipinski definition) is 3. The number of aldehydes is 1. The van der Waals surface area contributed by atoms with Crippen LogP contribution < -0.4 is 9.47 Å². The van der Waals surface area contributed by atoms with Crippen LogP contribution in [0.1, 0.15) is 23.6 Å². The standard InChI is InChI=1S/C19H22O3/c1-14-7-5-6-8-16(14)19(2,13-20)12-15-9-10-17(21-3)18(11-15)22-4/h5-11,13H,12H2,1-4H3. The van der Waals surface area contributed by atoms with Crippen LogP contribution in [0.25, 0.3) is 0 Å². The Kier molecular flexibility index (Phi) is 4.86. The predicted molar refractivity (Wildman–Crippen MR) is 87.8 cm³/mol. The van der Waals surface area contributed by atoms with Crippen LogP contribution in [0.2, 0.25) is 0 Å². The summed E-state index contributed by atoms with van der Waals surface area (Å²) in [6, 6.07) is 13.8.